The lowest BCUT2D eigenvalue weighted by Gasteiger charge is -2.50. The molecule has 1 heterocycles. The highest BCUT2D eigenvalue weighted by Crippen LogP contribution is 2.47. The van der Waals surface area contributed by atoms with E-state index in [-0.39, 0.29) is 0 Å². The zero-order valence-electron chi connectivity index (χ0n) is 11.5. The van der Waals surface area contributed by atoms with Crippen LogP contribution in [0.4, 0.5) is 0 Å². The fraction of sp³-hybridized carbons (Fsp3) is 0.625. The molecule has 0 spiro atoms. The Morgan fingerprint density at radius 3 is 3.06 bits per heavy atom. The van der Waals surface area contributed by atoms with E-state index in [1.54, 1.807) is 7.11 Å². The lowest BCUT2D eigenvalue weighted by atomic mass is 9.63. The average molecular weight is 245 g/mol. The Hall–Kier alpha value is -1.02. The fourth-order valence-electron chi connectivity index (χ4n) is 3.87. The topological polar surface area (TPSA) is 12.5 Å². The van der Waals surface area contributed by atoms with Crippen molar-refractivity contribution in [3.05, 3.63) is 29.8 Å². The highest BCUT2D eigenvalue weighted by atomic mass is 16.5. The molecule has 3 rings (SSSR count). The lowest BCUT2D eigenvalue weighted by Crippen LogP contribution is -2.50. The third-order valence-electron chi connectivity index (χ3n) is 5.07. The molecule has 0 radical (unpaired) electrons. The number of hydrogen-bond donors (Lipinski definition) is 0. The number of ether oxygens (including phenoxy) is 1. The van der Waals surface area contributed by atoms with E-state index in [0.717, 1.165) is 11.8 Å². The van der Waals surface area contributed by atoms with E-state index in [0.29, 0.717) is 5.41 Å². The number of hydrogen-bond acceptors (Lipinski definition) is 2. The number of methoxy groups -OCH3 is 1. The maximum absolute atomic E-state index is 5.39. The van der Waals surface area contributed by atoms with Crippen LogP contribution in [0.15, 0.2) is 24.3 Å². The van der Waals surface area contributed by atoms with Gasteiger partial charge in [-0.15, -0.1) is 0 Å². The predicted molar refractivity (Wildman–Crippen MR) is 74.2 cm³/mol. The molecule has 1 aliphatic heterocycles. The van der Waals surface area contributed by atoms with Crippen LogP contribution < -0.4 is 4.74 Å². The molecule has 2 bridgehead atoms. The quantitative estimate of drug-likeness (QED) is 0.793. The fourth-order valence-corrected chi connectivity index (χ4v) is 3.87. The molecular formula is C16H23NO. The van der Waals surface area contributed by atoms with Crippen LogP contribution in [0.2, 0.25) is 0 Å². The number of piperidine rings is 1. The molecule has 1 aromatic rings. The largest absolute Gasteiger partial charge is 0.497 e. The summed E-state index contributed by atoms with van der Waals surface area (Å²) in [4.78, 5) is 2.55. The highest BCUT2D eigenvalue weighted by Gasteiger charge is 2.42. The first-order valence-electron chi connectivity index (χ1n) is 7.08. The zero-order valence-corrected chi connectivity index (χ0v) is 11.5. The maximum atomic E-state index is 5.39. The van der Waals surface area contributed by atoms with Crippen molar-refractivity contribution in [1.29, 1.82) is 0 Å². The number of fused-ring (bicyclic) bond motifs is 2. The summed E-state index contributed by atoms with van der Waals surface area (Å²) in [5, 5.41) is 0. The smallest absolute Gasteiger partial charge is 0.119 e. The van der Waals surface area contributed by atoms with Crippen molar-refractivity contribution >= 4 is 0 Å². The lowest BCUT2D eigenvalue weighted by molar-refractivity contribution is 0.0719. The van der Waals surface area contributed by atoms with E-state index in [1.807, 2.05) is 0 Å². The third kappa shape index (κ3) is 1.93. The average Bonchev–Trinajstić information content (AvgIpc) is 2.44. The van der Waals surface area contributed by atoms with Gasteiger partial charge in [0.1, 0.15) is 5.75 Å². The third-order valence-corrected chi connectivity index (χ3v) is 5.07. The van der Waals surface area contributed by atoms with Crippen molar-refractivity contribution in [3.8, 4) is 5.75 Å². The van der Waals surface area contributed by atoms with Crippen molar-refractivity contribution in [1.82, 2.24) is 4.90 Å². The van der Waals surface area contributed by atoms with Gasteiger partial charge >= 0.3 is 0 Å². The molecule has 1 saturated heterocycles. The summed E-state index contributed by atoms with van der Waals surface area (Å²) < 4.78 is 5.39. The van der Waals surface area contributed by atoms with Crippen molar-refractivity contribution in [2.45, 2.75) is 43.6 Å². The second-order valence-electron chi connectivity index (χ2n) is 5.99. The molecule has 2 heteroatoms. The van der Waals surface area contributed by atoms with Crippen molar-refractivity contribution < 1.29 is 4.74 Å². The molecule has 1 aromatic carbocycles. The van der Waals surface area contributed by atoms with Crippen molar-refractivity contribution in [3.63, 3.8) is 0 Å². The van der Waals surface area contributed by atoms with Gasteiger partial charge in [-0.1, -0.05) is 18.6 Å². The van der Waals surface area contributed by atoms with Crippen LogP contribution in [-0.2, 0) is 5.41 Å². The van der Waals surface area contributed by atoms with Gasteiger partial charge in [-0.25, -0.2) is 0 Å². The van der Waals surface area contributed by atoms with E-state index >= 15 is 0 Å². The van der Waals surface area contributed by atoms with Gasteiger partial charge in [-0.2, -0.15) is 0 Å². The molecule has 2 aliphatic rings. The van der Waals surface area contributed by atoms with Crippen molar-refractivity contribution in [2.24, 2.45) is 0 Å². The molecular weight excluding hydrogens is 222 g/mol. The Kier molecular flexibility index (Phi) is 3.06. The van der Waals surface area contributed by atoms with Crippen LogP contribution in [0, 0.1) is 0 Å². The van der Waals surface area contributed by atoms with Gasteiger partial charge in [0, 0.05) is 6.04 Å². The summed E-state index contributed by atoms with van der Waals surface area (Å²) in [6.07, 6.45) is 6.72. The van der Waals surface area contributed by atoms with E-state index in [2.05, 4.69) is 36.2 Å². The number of rotatable bonds is 2. The first-order valence-corrected chi connectivity index (χ1v) is 7.08. The molecule has 0 amide bonds. The Labute approximate surface area is 110 Å². The van der Waals surface area contributed by atoms with Gasteiger partial charge in [0.15, 0.2) is 0 Å². The first kappa shape index (κ1) is 12.0. The summed E-state index contributed by atoms with van der Waals surface area (Å²) in [5.74, 6) is 1.00. The van der Waals surface area contributed by atoms with Crippen LogP contribution in [-0.4, -0.2) is 31.6 Å². The van der Waals surface area contributed by atoms with E-state index < -0.39 is 0 Å². The zero-order chi connectivity index (χ0) is 12.6. The normalized spacial score (nSPS) is 32.2. The van der Waals surface area contributed by atoms with Crippen molar-refractivity contribution in [2.75, 3.05) is 20.7 Å². The molecule has 0 unspecified atom stereocenters. The minimum Gasteiger partial charge on any atom is -0.497 e. The number of likely N-dealkylation sites (tertiary alicyclic amines) is 1. The molecule has 0 N–H and O–H groups in total. The van der Waals surface area contributed by atoms with E-state index in [1.165, 1.54) is 44.2 Å². The molecule has 98 valence electrons. The minimum absolute atomic E-state index is 0.421. The minimum atomic E-state index is 0.421. The van der Waals surface area contributed by atoms with Crippen LogP contribution in [0.3, 0.4) is 0 Å². The van der Waals surface area contributed by atoms with E-state index in [9.17, 15) is 0 Å². The second-order valence-corrected chi connectivity index (χ2v) is 5.99. The van der Waals surface area contributed by atoms with Crippen LogP contribution >= 0.6 is 0 Å². The van der Waals surface area contributed by atoms with Gasteiger partial charge in [0.2, 0.25) is 0 Å². The predicted octanol–water partition coefficient (Wildman–Crippen LogP) is 3.21. The van der Waals surface area contributed by atoms with Gasteiger partial charge in [-0.05, 0) is 62.4 Å². The molecule has 2 nitrogen and oxygen atoms in total. The number of benzene rings is 1. The Bertz CT molecular complexity index is 431. The van der Waals surface area contributed by atoms with Crippen LogP contribution in [0.25, 0.3) is 0 Å². The monoisotopic (exact) mass is 245 g/mol. The van der Waals surface area contributed by atoms with Crippen LogP contribution in [0.1, 0.15) is 37.7 Å². The second kappa shape index (κ2) is 4.58. The molecule has 1 saturated carbocycles. The summed E-state index contributed by atoms with van der Waals surface area (Å²) in [7, 11) is 4.04. The standard InChI is InChI=1S/C16H23NO/c1-17-10-9-16(8-4-6-14(17)12-16)13-5-3-7-15(11-13)18-2/h3,5,7,11,14H,4,6,8-10,12H2,1-2H3/t14-,16+/m1/s1. The van der Waals surface area contributed by atoms with Gasteiger partial charge in [0.25, 0.3) is 0 Å². The summed E-state index contributed by atoms with van der Waals surface area (Å²) >= 11 is 0. The highest BCUT2D eigenvalue weighted by molar-refractivity contribution is 5.35. The van der Waals surface area contributed by atoms with Crippen LogP contribution in [0.5, 0.6) is 5.75 Å². The molecule has 2 atom stereocenters. The van der Waals surface area contributed by atoms with Gasteiger partial charge in [-0.3, -0.25) is 0 Å². The Morgan fingerprint density at radius 1 is 1.33 bits per heavy atom. The van der Waals surface area contributed by atoms with Gasteiger partial charge in [0.05, 0.1) is 7.11 Å². The first-order chi connectivity index (χ1) is 8.73. The molecule has 1 aliphatic carbocycles. The van der Waals surface area contributed by atoms with E-state index in [4.69, 9.17) is 4.74 Å². The Balaban J connectivity index is 1.93. The SMILES string of the molecule is COc1cccc([C@]23CCC[C@H](C2)N(C)CC3)c1. The summed E-state index contributed by atoms with van der Waals surface area (Å²) in [6.45, 7) is 1.24. The Morgan fingerprint density at radius 2 is 2.22 bits per heavy atom. The molecule has 18 heavy (non-hydrogen) atoms. The summed E-state index contributed by atoms with van der Waals surface area (Å²) in [6, 6.07) is 9.54. The number of nitrogens with zero attached hydrogens (tertiary/aromatic N) is 1. The summed E-state index contributed by atoms with van der Waals surface area (Å²) in [5.41, 5.74) is 1.92. The molecule has 2 fully saturated rings. The maximum Gasteiger partial charge on any atom is 0.119 e. The van der Waals surface area contributed by atoms with Gasteiger partial charge < -0.3 is 9.64 Å². The molecule has 0 aromatic heterocycles.